The standard InChI is InChI=1S/C27H33ClN4O3/c1-29(20-25(33)31-16-14-30(15-17-31)18-21-6-3-2-4-7-21)26(34)23-8-5-13-32(19-23)27(35)22-9-11-24(28)12-10-22/h2-4,6-7,9-12,23H,5,8,13-20H2,1H3/t23-/m0/s1. The number of rotatable bonds is 6. The predicted octanol–water partition coefficient (Wildman–Crippen LogP) is 3.00. The number of likely N-dealkylation sites (N-methyl/N-ethyl adjacent to an activating group) is 1. The molecule has 35 heavy (non-hydrogen) atoms. The third kappa shape index (κ3) is 6.61. The molecule has 0 aromatic heterocycles. The molecule has 8 heteroatoms. The van der Waals surface area contributed by atoms with Crippen LogP contribution in [0.25, 0.3) is 0 Å². The summed E-state index contributed by atoms with van der Waals surface area (Å²) in [4.78, 5) is 46.3. The van der Waals surface area contributed by atoms with Crippen LogP contribution in [0.15, 0.2) is 54.6 Å². The molecule has 0 spiro atoms. The Kier molecular flexibility index (Phi) is 8.42. The molecule has 2 aromatic carbocycles. The molecule has 2 saturated heterocycles. The number of piperidine rings is 1. The van der Waals surface area contributed by atoms with Gasteiger partial charge in [0.15, 0.2) is 0 Å². The topological polar surface area (TPSA) is 64.2 Å². The molecule has 0 N–H and O–H groups in total. The van der Waals surface area contributed by atoms with E-state index in [0.717, 1.165) is 32.5 Å². The number of benzene rings is 2. The van der Waals surface area contributed by atoms with Gasteiger partial charge in [0.05, 0.1) is 12.5 Å². The first-order chi connectivity index (χ1) is 16.9. The third-order valence-electron chi connectivity index (χ3n) is 6.87. The van der Waals surface area contributed by atoms with Crippen LogP contribution in [0.3, 0.4) is 0 Å². The second kappa shape index (κ2) is 11.7. The average Bonchev–Trinajstić information content (AvgIpc) is 2.89. The van der Waals surface area contributed by atoms with Crippen LogP contribution in [0.4, 0.5) is 0 Å². The van der Waals surface area contributed by atoms with Crippen molar-refractivity contribution in [2.45, 2.75) is 19.4 Å². The maximum Gasteiger partial charge on any atom is 0.253 e. The molecule has 2 aliphatic rings. The molecule has 0 radical (unpaired) electrons. The van der Waals surface area contributed by atoms with E-state index in [1.165, 1.54) is 10.5 Å². The number of halogens is 1. The van der Waals surface area contributed by atoms with Gasteiger partial charge < -0.3 is 14.7 Å². The number of piperazine rings is 1. The molecule has 2 aliphatic heterocycles. The molecule has 7 nitrogen and oxygen atoms in total. The molecular formula is C27H33ClN4O3. The normalized spacial score (nSPS) is 18.9. The van der Waals surface area contributed by atoms with Crippen molar-refractivity contribution in [3.63, 3.8) is 0 Å². The number of carbonyl (C=O) groups excluding carboxylic acids is 3. The van der Waals surface area contributed by atoms with Crippen LogP contribution in [0.1, 0.15) is 28.8 Å². The molecule has 4 rings (SSSR count). The summed E-state index contributed by atoms with van der Waals surface area (Å²) in [5.41, 5.74) is 1.84. The van der Waals surface area contributed by atoms with Crippen molar-refractivity contribution in [1.82, 2.24) is 19.6 Å². The maximum absolute atomic E-state index is 13.1. The van der Waals surface area contributed by atoms with Crippen LogP contribution in [-0.2, 0) is 16.1 Å². The highest BCUT2D eigenvalue weighted by atomic mass is 35.5. The first kappa shape index (κ1) is 25.2. The van der Waals surface area contributed by atoms with E-state index in [2.05, 4.69) is 17.0 Å². The van der Waals surface area contributed by atoms with Crippen LogP contribution in [0.2, 0.25) is 5.02 Å². The van der Waals surface area contributed by atoms with Crippen molar-refractivity contribution in [2.75, 3.05) is 52.9 Å². The largest absolute Gasteiger partial charge is 0.339 e. The Morgan fingerprint density at radius 1 is 0.914 bits per heavy atom. The molecule has 0 aliphatic carbocycles. The lowest BCUT2D eigenvalue weighted by Gasteiger charge is -2.36. The predicted molar refractivity (Wildman–Crippen MR) is 136 cm³/mol. The van der Waals surface area contributed by atoms with Gasteiger partial charge in [0.25, 0.3) is 5.91 Å². The lowest BCUT2D eigenvalue weighted by atomic mass is 9.96. The fraction of sp³-hybridized carbons (Fsp3) is 0.444. The Labute approximate surface area is 212 Å². The molecule has 0 bridgehead atoms. The van der Waals surface area contributed by atoms with Crippen LogP contribution in [0, 0.1) is 5.92 Å². The van der Waals surface area contributed by atoms with E-state index >= 15 is 0 Å². The van der Waals surface area contributed by atoms with E-state index in [-0.39, 0.29) is 30.2 Å². The van der Waals surface area contributed by atoms with E-state index in [9.17, 15) is 14.4 Å². The molecule has 0 saturated carbocycles. The van der Waals surface area contributed by atoms with E-state index in [0.29, 0.717) is 36.8 Å². The quantitative estimate of drug-likeness (QED) is 0.616. The van der Waals surface area contributed by atoms with Gasteiger partial charge >= 0.3 is 0 Å². The molecule has 1 atom stereocenters. The summed E-state index contributed by atoms with van der Waals surface area (Å²) in [5, 5.41) is 0.581. The highest BCUT2D eigenvalue weighted by Gasteiger charge is 2.32. The van der Waals surface area contributed by atoms with Gasteiger partial charge in [-0.1, -0.05) is 41.9 Å². The average molecular weight is 497 g/mol. The minimum Gasteiger partial charge on any atom is -0.339 e. The zero-order valence-electron chi connectivity index (χ0n) is 20.2. The SMILES string of the molecule is CN(CC(=O)N1CCN(Cc2ccccc2)CC1)C(=O)[C@H]1CCCN(C(=O)c2ccc(Cl)cc2)C1. The van der Waals surface area contributed by atoms with Crippen molar-refractivity contribution >= 4 is 29.3 Å². The van der Waals surface area contributed by atoms with Gasteiger partial charge in [0.2, 0.25) is 11.8 Å². The van der Waals surface area contributed by atoms with Gasteiger partial charge in [-0.3, -0.25) is 19.3 Å². The van der Waals surface area contributed by atoms with Gasteiger partial charge in [-0.05, 0) is 42.7 Å². The van der Waals surface area contributed by atoms with Crippen molar-refractivity contribution < 1.29 is 14.4 Å². The third-order valence-corrected chi connectivity index (χ3v) is 7.12. The van der Waals surface area contributed by atoms with Crippen LogP contribution in [0.5, 0.6) is 0 Å². The summed E-state index contributed by atoms with van der Waals surface area (Å²) >= 11 is 5.93. The molecule has 186 valence electrons. The van der Waals surface area contributed by atoms with E-state index in [1.54, 1.807) is 36.2 Å². The number of carbonyl (C=O) groups is 3. The minimum atomic E-state index is -0.291. The van der Waals surface area contributed by atoms with E-state index in [1.807, 2.05) is 23.1 Å². The second-order valence-corrected chi connectivity index (χ2v) is 9.87. The fourth-order valence-corrected chi connectivity index (χ4v) is 4.95. The van der Waals surface area contributed by atoms with Crippen molar-refractivity contribution in [3.8, 4) is 0 Å². The number of likely N-dealkylation sites (tertiary alicyclic amines) is 1. The lowest BCUT2D eigenvalue weighted by molar-refractivity contribution is -0.143. The van der Waals surface area contributed by atoms with Crippen LogP contribution >= 0.6 is 11.6 Å². The second-order valence-electron chi connectivity index (χ2n) is 9.43. The maximum atomic E-state index is 13.1. The van der Waals surface area contributed by atoms with E-state index in [4.69, 9.17) is 11.6 Å². The molecule has 0 unspecified atom stereocenters. The molecular weight excluding hydrogens is 464 g/mol. The zero-order valence-corrected chi connectivity index (χ0v) is 21.0. The van der Waals surface area contributed by atoms with E-state index < -0.39 is 0 Å². The number of hydrogen-bond acceptors (Lipinski definition) is 4. The van der Waals surface area contributed by atoms with Gasteiger partial charge in [0, 0.05) is 63.4 Å². The number of hydrogen-bond donors (Lipinski definition) is 0. The number of amides is 3. The Bertz CT molecular complexity index is 1020. The zero-order chi connectivity index (χ0) is 24.8. The number of nitrogens with zero attached hydrogens (tertiary/aromatic N) is 4. The van der Waals surface area contributed by atoms with Crippen LogP contribution < -0.4 is 0 Å². The first-order valence-electron chi connectivity index (χ1n) is 12.2. The Morgan fingerprint density at radius 2 is 1.60 bits per heavy atom. The van der Waals surface area contributed by atoms with Crippen molar-refractivity contribution in [1.29, 1.82) is 0 Å². The van der Waals surface area contributed by atoms with Crippen molar-refractivity contribution in [3.05, 3.63) is 70.7 Å². The molecule has 3 amide bonds. The fourth-order valence-electron chi connectivity index (χ4n) is 4.83. The van der Waals surface area contributed by atoms with Crippen LogP contribution in [-0.4, -0.2) is 90.2 Å². The van der Waals surface area contributed by atoms with Crippen molar-refractivity contribution in [2.24, 2.45) is 5.92 Å². The monoisotopic (exact) mass is 496 g/mol. The Hall–Kier alpha value is -2.90. The van der Waals surface area contributed by atoms with Gasteiger partial charge in [-0.15, -0.1) is 0 Å². The summed E-state index contributed by atoms with van der Waals surface area (Å²) in [6.07, 6.45) is 1.49. The first-order valence-corrected chi connectivity index (χ1v) is 12.6. The Balaban J connectivity index is 1.25. The summed E-state index contributed by atoms with van der Waals surface area (Å²) in [6.45, 7) is 4.93. The molecule has 2 heterocycles. The highest BCUT2D eigenvalue weighted by Crippen LogP contribution is 2.21. The smallest absolute Gasteiger partial charge is 0.253 e. The summed E-state index contributed by atoms with van der Waals surface area (Å²) < 4.78 is 0. The molecule has 2 fully saturated rings. The minimum absolute atomic E-state index is 0.0230. The van der Waals surface area contributed by atoms with Gasteiger partial charge in [-0.2, -0.15) is 0 Å². The summed E-state index contributed by atoms with van der Waals surface area (Å²) in [6, 6.07) is 17.1. The van der Waals surface area contributed by atoms with Gasteiger partial charge in [-0.25, -0.2) is 0 Å². The molecule has 2 aromatic rings. The highest BCUT2D eigenvalue weighted by molar-refractivity contribution is 6.30. The summed E-state index contributed by atoms with van der Waals surface area (Å²) in [5.74, 6) is -0.480. The Morgan fingerprint density at radius 3 is 2.29 bits per heavy atom. The lowest BCUT2D eigenvalue weighted by Crippen LogP contribution is -2.52. The van der Waals surface area contributed by atoms with Gasteiger partial charge in [0.1, 0.15) is 0 Å². The summed E-state index contributed by atoms with van der Waals surface area (Å²) in [7, 11) is 1.69.